The fourth-order valence-corrected chi connectivity index (χ4v) is 8.05. The summed E-state index contributed by atoms with van der Waals surface area (Å²) >= 11 is 3.53. The minimum absolute atomic E-state index is 0.133. The smallest absolute Gasteiger partial charge is 0.339 e. The van der Waals surface area contributed by atoms with Gasteiger partial charge in [-0.2, -0.15) is 0 Å². The molecule has 0 spiro atoms. The van der Waals surface area contributed by atoms with Crippen LogP contribution < -0.4 is 4.90 Å². The summed E-state index contributed by atoms with van der Waals surface area (Å²) in [6, 6.07) is 29.6. The van der Waals surface area contributed by atoms with Crippen molar-refractivity contribution < 1.29 is 23.9 Å². The quantitative estimate of drug-likeness (QED) is 0.0741. The van der Waals surface area contributed by atoms with Gasteiger partial charge in [0.25, 0.3) is 0 Å². The average molecular weight is 698 g/mol. The Morgan fingerprint density at radius 2 is 1.44 bits per heavy atom. The summed E-state index contributed by atoms with van der Waals surface area (Å²) in [7, 11) is 0. The van der Waals surface area contributed by atoms with Gasteiger partial charge in [-0.1, -0.05) is 94.8 Å². The number of Topliss-reactive ketones (excluding diaryl/α,β-unsaturated/α-hetero) is 1. The second-order valence-electron chi connectivity index (χ2n) is 12.7. The van der Waals surface area contributed by atoms with E-state index >= 15 is 0 Å². The highest BCUT2D eigenvalue weighted by atomic mass is 79.9. The van der Waals surface area contributed by atoms with E-state index in [1.54, 1.807) is 42.5 Å². The van der Waals surface area contributed by atoms with Crippen molar-refractivity contribution in [3.8, 4) is 22.4 Å². The van der Waals surface area contributed by atoms with Crippen molar-refractivity contribution in [3.05, 3.63) is 130 Å². The number of amides is 2. The molecule has 2 bridgehead atoms. The molecule has 2 amide bonds. The molecule has 2 aliphatic carbocycles. The number of halogens is 1. The lowest BCUT2D eigenvalue weighted by Gasteiger charge is -2.18. The van der Waals surface area contributed by atoms with E-state index < -0.39 is 12.6 Å². The molecule has 1 aromatic heterocycles. The third-order valence-electron chi connectivity index (χ3n) is 9.83. The molecular weight excluding hydrogens is 668 g/mol. The van der Waals surface area contributed by atoms with Crippen molar-refractivity contribution in [2.45, 2.75) is 13.3 Å². The van der Waals surface area contributed by atoms with E-state index in [1.165, 1.54) is 4.90 Å². The maximum atomic E-state index is 13.6. The molecule has 1 saturated heterocycles. The normalized spacial score (nSPS) is 20.8. The lowest BCUT2D eigenvalue weighted by molar-refractivity contribution is -0.123. The first kappa shape index (κ1) is 30.1. The number of aromatic nitrogens is 1. The highest BCUT2D eigenvalue weighted by Crippen LogP contribution is 2.53. The molecule has 7 nitrogen and oxygen atoms in total. The summed E-state index contributed by atoms with van der Waals surface area (Å²) in [4.78, 5) is 59.5. The van der Waals surface area contributed by atoms with Gasteiger partial charge < -0.3 is 4.74 Å². The van der Waals surface area contributed by atoms with Crippen LogP contribution in [0.5, 0.6) is 0 Å². The number of hydrogen-bond donors (Lipinski definition) is 0. The maximum absolute atomic E-state index is 13.6. The number of benzene rings is 4. The monoisotopic (exact) mass is 696 g/mol. The molecule has 8 heteroatoms. The number of anilines is 1. The Labute approximate surface area is 285 Å². The molecular formula is C40H29BrN2O5. The molecule has 236 valence electrons. The van der Waals surface area contributed by atoms with E-state index in [1.807, 2.05) is 61.5 Å². The summed E-state index contributed by atoms with van der Waals surface area (Å²) in [5.74, 6) is -1.49. The van der Waals surface area contributed by atoms with Gasteiger partial charge in [-0.15, -0.1) is 0 Å². The third kappa shape index (κ3) is 5.08. The molecule has 0 radical (unpaired) electrons. The Bertz CT molecular complexity index is 2150. The number of ether oxygens (including phenoxy) is 1. The topological polar surface area (TPSA) is 93.6 Å². The Hall–Kier alpha value is -5.21. The molecule has 4 atom stereocenters. The van der Waals surface area contributed by atoms with Gasteiger partial charge in [0, 0.05) is 21.0 Å². The van der Waals surface area contributed by atoms with Gasteiger partial charge in [0.15, 0.2) is 12.4 Å². The molecule has 8 rings (SSSR count). The second kappa shape index (κ2) is 11.8. The second-order valence-corrected chi connectivity index (χ2v) is 13.6. The van der Waals surface area contributed by atoms with Gasteiger partial charge in [0.2, 0.25) is 11.8 Å². The number of esters is 1. The fourth-order valence-electron chi connectivity index (χ4n) is 7.48. The maximum Gasteiger partial charge on any atom is 0.339 e. The summed E-state index contributed by atoms with van der Waals surface area (Å²) in [5.41, 5.74) is 5.97. The van der Waals surface area contributed by atoms with Crippen molar-refractivity contribution in [3.63, 3.8) is 0 Å². The zero-order chi connectivity index (χ0) is 33.1. The Kier molecular flexibility index (Phi) is 7.41. The number of nitrogens with zero attached hydrogens (tertiary/aromatic N) is 2. The van der Waals surface area contributed by atoms with Crippen molar-refractivity contribution >= 4 is 56.1 Å². The first-order chi connectivity index (χ1) is 23.3. The molecule has 2 fully saturated rings. The summed E-state index contributed by atoms with van der Waals surface area (Å²) in [6.45, 7) is 1.50. The van der Waals surface area contributed by atoms with Crippen LogP contribution >= 0.6 is 15.9 Å². The number of imide groups is 1. The van der Waals surface area contributed by atoms with Crippen molar-refractivity contribution in [2.75, 3.05) is 11.5 Å². The lowest BCUT2D eigenvalue weighted by atomic mass is 9.85. The van der Waals surface area contributed by atoms with E-state index in [0.29, 0.717) is 33.4 Å². The number of rotatable bonds is 7. The van der Waals surface area contributed by atoms with Crippen LogP contribution in [0.1, 0.15) is 32.7 Å². The average Bonchev–Trinajstić information content (AvgIpc) is 3.80. The highest BCUT2D eigenvalue weighted by molar-refractivity contribution is 9.10. The molecule has 4 aromatic carbocycles. The highest BCUT2D eigenvalue weighted by Gasteiger charge is 2.59. The molecule has 4 unspecified atom stereocenters. The van der Waals surface area contributed by atoms with Gasteiger partial charge >= 0.3 is 5.97 Å². The number of pyridine rings is 1. The van der Waals surface area contributed by atoms with Crippen LogP contribution in [-0.2, 0) is 14.3 Å². The Balaban J connectivity index is 1.05. The molecule has 2 heterocycles. The third-order valence-corrected chi connectivity index (χ3v) is 10.3. The fraction of sp³-hybridized carbons (Fsp3) is 0.175. The van der Waals surface area contributed by atoms with Crippen LogP contribution in [-0.4, -0.2) is 35.2 Å². The minimum atomic E-state index is -0.643. The van der Waals surface area contributed by atoms with E-state index in [2.05, 4.69) is 28.1 Å². The van der Waals surface area contributed by atoms with Crippen molar-refractivity contribution in [1.82, 2.24) is 4.98 Å². The number of carbonyl (C=O) groups is 4. The van der Waals surface area contributed by atoms with E-state index in [9.17, 15) is 19.2 Å². The van der Waals surface area contributed by atoms with Crippen molar-refractivity contribution in [1.29, 1.82) is 0 Å². The van der Waals surface area contributed by atoms with Crippen LogP contribution in [0.25, 0.3) is 33.3 Å². The first-order valence-electron chi connectivity index (χ1n) is 15.9. The van der Waals surface area contributed by atoms with Crippen LogP contribution in [0.3, 0.4) is 0 Å². The van der Waals surface area contributed by atoms with Gasteiger partial charge in [0.1, 0.15) is 0 Å². The van der Waals surface area contributed by atoms with Crippen molar-refractivity contribution in [2.24, 2.45) is 23.7 Å². The summed E-state index contributed by atoms with van der Waals surface area (Å²) < 4.78 is 6.37. The standard InChI is InChI=1S/C40H29BrN2O5/c1-22-17-29(41)19-31-32(40(47)48-21-34(44)26-9-7-24(8-10-26)23-5-3-2-4-6-23)20-33(42-37(22)31)25-13-15-30(16-14-25)43-38(45)35-27-11-12-28(18-27)36(35)39(43)46/h2-17,19-20,27-28,35-36H,18,21H2,1H3. The molecule has 1 aliphatic heterocycles. The number of ketones is 1. The zero-order valence-corrected chi connectivity index (χ0v) is 27.5. The summed E-state index contributed by atoms with van der Waals surface area (Å²) in [6.07, 6.45) is 5.04. The zero-order valence-electron chi connectivity index (χ0n) is 25.9. The predicted octanol–water partition coefficient (Wildman–Crippen LogP) is 7.99. The number of carbonyl (C=O) groups excluding carboxylic acids is 4. The lowest BCUT2D eigenvalue weighted by Crippen LogP contribution is -2.32. The van der Waals surface area contributed by atoms with Crippen LogP contribution in [0.2, 0.25) is 0 Å². The number of allylic oxidation sites excluding steroid dienone is 2. The number of aryl methyl sites for hydroxylation is 1. The molecule has 5 aromatic rings. The van der Waals surface area contributed by atoms with Gasteiger partial charge in [-0.05, 0) is 72.2 Å². The molecule has 0 N–H and O–H groups in total. The predicted molar refractivity (Wildman–Crippen MR) is 186 cm³/mol. The van der Waals surface area contributed by atoms with E-state index in [4.69, 9.17) is 9.72 Å². The Morgan fingerprint density at radius 1 is 0.812 bits per heavy atom. The Morgan fingerprint density at radius 3 is 2.10 bits per heavy atom. The number of hydrogen-bond acceptors (Lipinski definition) is 6. The molecule has 48 heavy (non-hydrogen) atoms. The molecule has 3 aliphatic rings. The SMILES string of the molecule is Cc1cc(Br)cc2c(C(=O)OCC(=O)c3ccc(-c4ccccc4)cc3)cc(-c3ccc(N4C(=O)C5C6C=CC(C6)C5C4=O)cc3)nc12. The molecule has 1 saturated carbocycles. The van der Waals surface area contributed by atoms with E-state index in [0.717, 1.165) is 27.6 Å². The van der Waals surface area contributed by atoms with Crippen LogP contribution in [0.4, 0.5) is 5.69 Å². The van der Waals surface area contributed by atoms with Crippen LogP contribution in [0, 0.1) is 30.6 Å². The van der Waals surface area contributed by atoms with Gasteiger partial charge in [-0.3, -0.25) is 19.3 Å². The largest absolute Gasteiger partial charge is 0.454 e. The van der Waals surface area contributed by atoms with Crippen LogP contribution in [0.15, 0.2) is 114 Å². The first-order valence-corrected chi connectivity index (χ1v) is 16.7. The van der Waals surface area contributed by atoms with Gasteiger partial charge in [0.05, 0.1) is 34.3 Å². The minimum Gasteiger partial charge on any atom is -0.454 e. The number of fused-ring (bicyclic) bond motifs is 6. The van der Waals surface area contributed by atoms with Gasteiger partial charge in [-0.25, -0.2) is 9.78 Å². The summed E-state index contributed by atoms with van der Waals surface area (Å²) in [5, 5.41) is 0.593. The van der Waals surface area contributed by atoms with E-state index in [-0.39, 0.29) is 46.8 Å².